The molecule has 0 aliphatic rings. The van der Waals surface area contributed by atoms with Gasteiger partial charge in [-0.2, -0.15) is 0 Å². The van der Waals surface area contributed by atoms with Crippen molar-refractivity contribution in [1.82, 2.24) is 0 Å². The zero-order chi connectivity index (χ0) is 11.9. The summed E-state index contributed by atoms with van der Waals surface area (Å²) in [5.74, 6) is 0. The van der Waals surface area contributed by atoms with Crippen molar-refractivity contribution in [1.29, 1.82) is 0 Å². The second-order valence-corrected chi connectivity index (χ2v) is 6.71. The summed E-state index contributed by atoms with van der Waals surface area (Å²) in [6, 6.07) is 10.0. The molecule has 0 fully saturated rings. The molecule has 0 spiro atoms. The van der Waals surface area contributed by atoms with Crippen LogP contribution in [0.4, 0.5) is 0 Å². The van der Waals surface area contributed by atoms with Gasteiger partial charge in [0.25, 0.3) is 0 Å². The molecule has 0 aliphatic heterocycles. The van der Waals surface area contributed by atoms with E-state index in [0.717, 1.165) is 5.56 Å². The predicted molar refractivity (Wildman–Crippen MR) is 70.1 cm³/mol. The Morgan fingerprint density at radius 1 is 1.19 bits per heavy atom. The van der Waals surface area contributed by atoms with Gasteiger partial charge in [0.15, 0.2) is 0 Å². The van der Waals surface area contributed by atoms with Crippen LogP contribution in [0.25, 0.3) is 6.08 Å². The van der Waals surface area contributed by atoms with Crippen molar-refractivity contribution >= 4 is 13.4 Å². The fourth-order valence-electron chi connectivity index (χ4n) is 1.33. The molecule has 0 unspecified atom stereocenters. The normalized spacial score (nSPS) is 12.1. The van der Waals surface area contributed by atoms with Gasteiger partial charge in [0.1, 0.15) is 0 Å². The Kier molecular flexibility index (Phi) is 5.51. The Morgan fingerprint density at radius 3 is 2.38 bits per heavy atom. The molecule has 3 heteroatoms. The standard InChI is InChI=1S/C13H19O2P/c1-3-16(14,4-2)15-12-8-11-13-9-6-5-7-10-13/h5-11H,3-4,12H2,1-2H3/b11-8+. The minimum absolute atomic E-state index is 0.424. The Balaban J connectivity index is 2.41. The van der Waals surface area contributed by atoms with Gasteiger partial charge in [0, 0.05) is 12.3 Å². The zero-order valence-electron chi connectivity index (χ0n) is 9.93. The van der Waals surface area contributed by atoms with E-state index in [9.17, 15) is 4.57 Å². The Hall–Kier alpha value is -0.850. The Bertz CT molecular complexity index is 363. The first-order chi connectivity index (χ1) is 7.70. The Labute approximate surface area is 97.8 Å². The molecular formula is C13H19O2P. The van der Waals surface area contributed by atoms with Crippen LogP contribution in [0.3, 0.4) is 0 Å². The molecule has 1 rings (SSSR count). The summed E-state index contributed by atoms with van der Waals surface area (Å²) in [6.45, 7) is 4.24. The van der Waals surface area contributed by atoms with E-state index in [-0.39, 0.29) is 0 Å². The highest BCUT2D eigenvalue weighted by Gasteiger charge is 2.15. The first-order valence-corrected chi connectivity index (χ1v) is 7.64. The van der Waals surface area contributed by atoms with Gasteiger partial charge in [-0.25, -0.2) is 0 Å². The summed E-state index contributed by atoms with van der Waals surface area (Å²) in [4.78, 5) is 0. The van der Waals surface area contributed by atoms with E-state index in [4.69, 9.17) is 4.52 Å². The van der Waals surface area contributed by atoms with E-state index in [1.807, 2.05) is 56.3 Å². The molecule has 0 aliphatic carbocycles. The minimum atomic E-state index is -2.35. The average molecular weight is 238 g/mol. The van der Waals surface area contributed by atoms with Crippen LogP contribution >= 0.6 is 7.37 Å². The fourth-order valence-corrected chi connectivity index (χ4v) is 2.50. The first kappa shape index (κ1) is 13.2. The SMILES string of the molecule is CCP(=O)(CC)OC/C=C/c1ccccc1. The van der Waals surface area contributed by atoms with Gasteiger partial charge in [0.05, 0.1) is 6.61 Å². The van der Waals surface area contributed by atoms with Crippen LogP contribution < -0.4 is 0 Å². The largest absolute Gasteiger partial charge is 0.324 e. The molecule has 0 amide bonds. The molecule has 0 heterocycles. The van der Waals surface area contributed by atoms with E-state index < -0.39 is 7.37 Å². The molecule has 16 heavy (non-hydrogen) atoms. The van der Waals surface area contributed by atoms with Crippen molar-refractivity contribution in [3.05, 3.63) is 42.0 Å². The van der Waals surface area contributed by atoms with E-state index in [2.05, 4.69) is 0 Å². The van der Waals surface area contributed by atoms with Gasteiger partial charge in [-0.3, -0.25) is 4.57 Å². The van der Waals surface area contributed by atoms with E-state index in [1.54, 1.807) is 0 Å². The number of hydrogen-bond donors (Lipinski definition) is 0. The lowest BCUT2D eigenvalue weighted by molar-refractivity contribution is 0.354. The van der Waals surface area contributed by atoms with Crippen molar-refractivity contribution < 1.29 is 9.09 Å². The monoisotopic (exact) mass is 238 g/mol. The summed E-state index contributed by atoms with van der Waals surface area (Å²) in [7, 11) is -2.35. The summed E-state index contributed by atoms with van der Waals surface area (Å²) < 4.78 is 17.3. The number of benzene rings is 1. The molecule has 88 valence electrons. The smallest absolute Gasteiger partial charge is 0.202 e. The van der Waals surface area contributed by atoms with Crippen LogP contribution in [-0.2, 0) is 9.09 Å². The highest BCUT2D eigenvalue weighted by molar-refractivity contribution is 7.58. The molecule has 0 radical (unpaired) electrons. The third-order valence-electron chi connectivity index (χ3n) is 2.48. The summed E-state index contributed by atoms with van der Waals surface area (Å²) in [5, 5.41) is 0. The lowest BCUT2D eigenvalue weighted by Crippen LogP contribution is -1.95. The maximum absolute atomic E-state index is 11.9. The third kappa shape index (κ3) is 4.34. The lowest BCUT2D eigenvalue weighted by atomic mass is 10.2. The van der Waals surface area contributed by atoms with Gasteiger partial charge in [-0.1, -0.05) is 56.3 Å². The van der Waals surface area contributed by atoms with E-state index in [0.29, 0.717) is 18.9 Å². The number of rotatable bonds is 6. The van der Waals surface area contributed by atoms with Crippen LogP contribution in [0.1, 0.15) is 19.4 Å². The van der Waals surface area contributed by atoms with Crippen molar-refractivity contribution in [3.63, 3.8) is 0 Å². The molecule has 0 N–H and O–H groups in total. The second kappa shape index (κ2) is 6.67. The molecular weight excluding hydrogens is 219 g/mol. The zero-order valence-corrected chi connectivity index (χ0v) is 10.8. The molecule has 1 aromatic carbocycles. The highest BCUT2D eigenvalue weighted by Crippen LogP contribution is 2.45. The molecule has 2 nitrogen and oxygen atoms in total. The average Bonchev–Trinajstić information content (AvgIpc) is 2.36. The van der Waals surface area contributed by atoms with Crippen LogP contribution in [0.2, 0.25) is 0 Å². The van der Waals surface area contributed by atoms with E-state index >= 15 is 0 Å². The summed E-state index contributed by atoms with van der Waals surface area (Å²) in [6.07, 6.45) is 5.12. The van der Waals surface area contributed by atoms with Gasteiger partial charge in [-0.05, 0) is 5.56 Å². The van der Waals surface area contributed by atoms with Gasteiger partial charge in [-0.15, -0.1) is 0 Å². The van der Waals surface area contributed by atoms with Gasteiger partial charge < -0.3 is 4.52 Å². The fraction of sp³-hybridized carbons (Fsp3) is 0.385. The lowest BCUT2D eigenvalue weighted by Gasteiger charge is -2.12. The van der Waals surface area contributed by atoms with Crippen molar-refractivity contribution in [2.45, 2.75) is 13.8 Å². The van der Waals surface area contributed by atoms with Crippen molar-refractivity contribution in [3.8, 4) is 0 Å². The maximum Gasteiger partial charge on any atom is 0.202 e. The topological polar surface area (TPSA) is 26.3 Å². The number of hydrogen-bond acceptors (Lipinski definition) is 2. The summed E-state index contributed by atoms with van der Waals surface area (Å²) in [5.41, 5.74) is 1.13. The Morgan fingerprint density at radius 2 is 1.81 bits per heavy atom. The highest BCUT2D eigenvalue weighted by atomic mass is 31.2. The van der Waals surface area contributed by atoms with Crippen molar-refractivity contribution in [2.75, 3.05) is 18.9 Å². The van der Waals surface area contributed by atoms with Crippen LogP contribution in [0.15, 0.2) is 36.4 Å². The molecule has 0 bridgehead atoms. The maximum atomic E-state index is 11.9. The summed E-state index contributed by atoms with van der Waals surface area (Å²) >= 11 is 0. The van der Waals surface area contributed by atoms with Gasteiger partial charge in [0.2, 0.25) is 7.37 Å². The van der Waals surface area contributed by atoms with Crippen LogP contribution in [0.5, 0.6) is 0 Å². The quantitative estimate of drug-likeness (QED) is 0.699. The minimum Gasteiger partial charge on any atom is -0.324 e. The molecule has 0 saturated carbocycles. The molecule has 0 saturated heterocycles. The third-order valence-corrected chi connectivity index (χ3v) is 5.03. The van der Waals surface area contributed by atoms with Gasteiger partial charge >= 0.3 is 0 Å². The molecule has 0 atom stereocenters. The first-order valence-electron chi connectivity index (χ1n) is 5.64. The molecule has 0 aromatic heterocycles. The molecule has 1 aromatic rings. The van der Waals surface area contributed by atoms with Crippen molar-refractivity contribution in [2.24, 2.45) is 0 Å². The predicted octanol–water partition coefficient (Wildman–Crippen LogP) is 4.03. The van der Waals surface area contributed by atoms with Crippen LogP contribution in [-0.4, -0.2) is 18.9 Å². The van der Waals surface area contributed by atoms with Crippen LogP contribution in [0, 0.1) is 0 Å². The second-order valence-electron chi connectivity index (χ2n) is 3.56. The van der Waals surface area contributed by atoms with E-state index in [1.165, 1.54) is 0 Å².